The highest BCUT2D eigenvalue weighted by molar-refractivity contribution is 7.14. The molecular formula is C23H22N4S. The molecule has 0 spiro atoms. The second-order valence-electron chi connectivity index (χ2n) is 7.51. The maximum Gasteiger partial charge on any atom is 0.0740 e. The van der Waals surface area contributed by atoms with E-state index in [2.05, 4.69) is 55.1 Å². The van der Waals surface area contributed by atoms with Gasteiger partial charge in [0.1, 0.15) is 0 Å². The van der Waals surface area contributed by atoms with E-state index in [1.807, 2.05) is 35.5 Å². The van der Waals surface area contributed by atoms with Crippen molar-refractivity contribution >= 4 is 28.3 Å². The number of benzene rings is 1. The number of hydrogen-bond acceptors (Lipinski definition) is 4. The van der Waals surface area contributed by atoms with E-state index in [9.17, 15) is 0 Å². The molecule has 2 aliphatic rings. The standard InChI is InChI=1S/C23H22N4S/c1-13-15(3)28-23-20(13)22(25-10-18-9-24-14(2)21(18)23)17-7-5-16(6-8-17)19-11-26-27(4)12-19/h5-8,11-12H,9-10H2,1-4H3. The summed E-state index contributed by atoms with van der Waals surface area (Å²) in [5.74, 6) is 0. The summed E-state index contributed by atoms with van der Waals surface area (Å²) >= 11 is 1.88. The highest BCUT2D eigenvalue weighted by Crippen LogP contribution is 2.40. The average molecular weight is 387 g/mol. The van der Waals surface area contributed by atoms with E-state index in [1.54, 1.807) is 0 Å². The lowest BCUT2D eigenvalue weighted by molar-refractivity contribution is 0.768. The highest BCUT2D eigenvalue weighted by atomic mass is 32.1. The molecule has 0 N–H and O–H groups in total. The molecule has 0 unspecified atom stereocenters. The van der Waals surface area contributed by atoms with Crippen LogP contribution in [-0.2, 0) is 7.05 Å². The van der Waals surface area contributed by atoms with Crippen molar-refractivity contribution < 1.29 is 0 Å². The van der Waals surface area contributed by atoms with E-state index in [1.165, 1.54) is 43.2 Å². The van der Waals surface area contributed by atoms with Gasteiger partial charge in [-0.15, -0.1) is 11.3 Å². The van der Waals surface area contributed by atoms with Crippen molar-refractivity contribution in [2.24, 2.45) is 17.0 Å². The molecule has 0 saturated carbocycles. The molecule has 2 aromatic heterocycles. The van der Waals surface area contributed by atoms with Gasteiger partial charge < -0.3 is 0 Å². The van der Waals surface area contributed by atoms with Crippen LogP contribution in [0.3, 0.4) is 0 Å². The van der Waals surface area contributed by atoms with E-state index in [4.69, 9.17) is 4.99 Å². The van der Waals surface area contributed by atoms with Crippen LogP contribution >= 0.6 is 11.3 Å². The molecule has 0 fully saturated rings. The van der Waals surface area contributed by atoms with Crippen LogP contribution in [0, 0.1) is 13.8 Å². The molecule has 0 atom stereocenters. The molecule has 0 aliphatic carbocycles. The Labute approximate surface area is 169 Å². The topological polar surface area (TPSA) is 42.5 Å². The number of hydrogen-bond donors (Lipinski definition) is 0. The molecule has 5 rings (SSSR count). The third-order valence-corrected chi connectivity index (χ3v) is 6.92. The molecular weight excluding hydrogens is 364 g/mol. The van der Waals surface area contributed by atoms with E-state index in [-0.39, 0.29) is 0 Å². The lowest BCUT2D eigenvalue weighted by Crippen LogP contribution is -2.07. The zero-order valence-corrected chi connectivity index (χ0v) is 17.4. The number of rotatable bonds is 2. The lowest BCUT2D eigenvalue weighted by atomic mass is 9.94. The van der Waals surface area contributed by atoms with Crippen molar-refractivity contribution in [2.45, 2.75) is 20.8 Å². The van der Waals surface area contributed by atoms with Crippen LogP contribution in [0.2, 0.25) is 0 Å². The van der Waals surface area contributed by atoms with Gasteiger partial charge in [-0.3, -0.25) is 14.7 Å². The zero-order valence-electron chi connectivity index (χ0n) is 16.6. The van der Waals surface area contributed by atoms with E-state index in [0.29, 0.717) is 0 Å². The summed E-state index contributed by atoms with van der Waals surface area (Å²) in [4.78, 5) is 12.4. The fourth-order valence-corrected chi connectivity index (χ4v) is 5.36. The molecule has 0 radical (unpaired) electrons. The summed E-state index contributed by atoms with van der Waals surface area (Å²) in [7, 11) is 1.94. The van der Waals surface area contributed by atoms with Crippen LogP contribution in [0.5, 0.6) is 0 Å². The second kappa shape index (κ2) is 6.38. The third-order valence-electron chi connectivity index (χ3n) is 5.70. The number of aliphatic imine (C=N–C) groups is 2. The second-order valence-corrected chi connectivity index (χ2v) is 8.74. The number of aromatic nitrogens is 2. The first-order valence-electron chi connectivity index (χ1n) is 9.51. The normalized spacial score (nSPS) is 15.9. The van der Waals surface area contributed by atoms with Crippen molar-refractivity contribution in [3.05, 3.63) is 68.7 Å². The van der Waals surface area contributed by atoms with E-state index in [0.717, 1.165) is 30.1 Å². The fraction of sp³-hybridized carbons (Fsp3) is 0.261. The molecule has 28 heavy (non-hydrogen) atoms. The van der Waals surface area contributed by atoms with Crippen LogP contribution in [0.25, 0.3) is 16.7 Å². The van der Waals surface area contributed by atoms with E-state index < -0.39 is 0 Å². The van der Waals surface area contributed by atoms with Crippen molar-refractivity contribution in [1.29, 1.82) is 0 Å². The molecule has 0 amide bonds. The Kier molecular flexibility index (Phi) is 3.95. The molecule has 4 nitrogen and oxygen atoms in total. The summed E-state index contributed by atoms with van der Waals surface area (Å²) in [6, 6.07) is 8.72. The number of fused-ring (bicyclic) bond motifs is 2. The summed E-state index contributed by atoms with van der Waals surface area (Å²) in [5.41, 5.74) is 11.1. The lowest BCUT2D eigenvalue weighted by Gasteiger charge is -2.10. The van der Waals surface area contributed by atoms with Crippen molar-refractivity contribution in [1.82, 2.24) is 9.78 Å². The first kappa shape index (κ1) is 17.3. The van der Waals surface area contributed by atoms with Gasteiger partial charge in [-0.1, -0.05) is 24.3 Å². The largest absolute Gasteiger partial charge is 0.285 e. The van der Waals surface area contributed by atoms with Crippen molar-refractivity contribution in [3.63, 3.8) is 0 Å². The fourth-order valence-electron chi connectivity index (χ4n) is 4.05. The van der Waals surface area contributed by atoms with Gasteiger partial charge in [0, 0.05) is 51.0 Å². The predicted octanol–water partition coefficient (Wildman–Crippen LogP) is 4.84. The summed E-state index contributed by atoms with van der Waals surface area (Å²) in [6.45, 7) is 8.07. The summed E-state index contributed by atoms with van der Waals surface area (Å²) in [6.07, 6.45) is 3.94. The minimum Gasteiger partial charge on any atom is -0.285 e. The monoisotopic (exact) mass is 386 g/mol. The Bertz CT molecular complexity index is 1190. The van der Waals surface area contributed by atoms with Gasteiger partial charge in [0.05, 0.1) is 25.0 Å². The van der Waals surface area contributed by atoms with Crippen LogP contribution < -0.4 is 0 Å². The maximum atomic E-state index is 5.07. The average Bonchev–Trinajstić information content (AvgIpc) is 3.32. The van der Waals surface area contributed by atoms with Gasteiger partial charge in [-0.25, -0.2) is 0 Å². The molecule has 4 heterocycles. The van der Waals surface area contributed by atoms with Crippen LogP contribution in [-0.4, -0.2) is 34.3 Å². The Balaban J connectivity index is 1.61. The minimum absolute atomic E-state index is 0.732. The van der Waals surface area contributed by atoms with Crippen molar-refractivity contribution in [2.75, 3.05) is 13.1 Å². The number of nitrogens with zero attached hydrogens (tertiary/aromatic N) is 4. The van der Waals surface area contributed by atoms with Gasteiger partial charge in [-0.2, -0.15) is 5.10 Å². The first-order valence-corrected chi connectivity index (χ1v) is 10.3. The molecule has 140 valence electrons. The SMILES string of the molecule is CC1=NCC2=C1c1sc(C)c(C)c1C(c1ccc(-c3cnn(C)c3)cc1)=NC2. The van der Waals surface area contributed by atoms with E-state index >= 15 is 0 Å². The Morgan fingerprint density at radius 3 is 2.36 bits per heavy atom. The number of allylic oxidation sites excluding steroid dienone is 1. The van der Waals surface area contributed by atoms with Gasteiger partial charge >= 0.3 is 0 Å². The molecule has 3 aromatic rings. The molecule has 0 saturated heterocycles. The Morgan fingerprint density at radius 2 is 1.64 bits per heavy atom. The number of thiophene rings is 1. The molecule has 1 aromatic carbocycles. The maximum absolute atomic E-state index is 5.07. The molecule has 2 aliphatic heterocycles. The molecule has 5 heteroatoms. The van der Waals surface area contributed by atoms with Crippen LogP contribution in [0.15, 0.2) is 52.2 Å². The predicted molar refractivity (Wildman–Crippen MR) is 118 cm³/mol. The Morgan fingerprint density at radius 1 is 0.929 bits per heavy atom. The highest BCUT2D eigenvalue weighted by Gasteiger charge is 2.29. The van der Waals surface area contributed by atoms with Gasteiger partial charge in [0.2, 0.25) is 0 Å². The van der Waals surface area contributed by atoms with Crippen LogP contribution in [0.1, 0.15) is 33.4 Å². The smallest absolute Gasteiger partial charge is 0.0740 e. The molecule has 0 bridgehead atoms. The number of aryl methyl sites for hydroxylation is 2. The van der Waals surface area contributed by atoms with Crippen LogP contribution in [0.4, 0.5) is 0 Å². The zero-order chi connectivity index (χ0) is 19.4. The minimum atomic E-state index is 0.732. The third kappa shape index (κ3) is 2.61. The van der Waals surface area contributed by atoms with Gasteiger partial charge in [0.25, 0.3) is 0 Å². The van der Waals surface area contributed by atoms with Gasteiger partial charge in [0.15, 0.2) is 0 Å². The summed E-state index contributed by atoms with van der Waals surface area (Å²) < 4.78 is 1.83. The first-order chi connectivity index (χ1) is 13.5. The van der Waals surface area contributed by atoms with Crippen molar-refractivity contribution in [3.8, 4) is 11.1 Å². The Hall–Kier alpha value is -2.79. The summed E-state index contributed by atoms with van der Waals surface area (Å²) in [5, 5.41) is 4.28. The van der Waals surface area contributed by atoms with Gasteiger partial charge in [-0.05, 0) is 37.5 Å². The quantitative estimate of drug-likeness (QED) is 0.621.